The zero-order valence-corrected chi connectivity index (χ0v) is 15.8. The number of amides is 1. The number of benzene rings is 1. The highest BCUT2D eigenvalue weighted by Gasteiger charge is 2.53. The molecule has 2 heterocycles. The fourth-order valence-electron chi connectivity index (χ4n) is 4.28. The first kappa shape index (κ1) is 18.4. The van der Waals surface area contributed by atoms with Gasteiger partial charge < -0.3 is 10.3 Å². The quantitative estimate of drug-likeness (QED) is 0.699. The van der Waals surface area contributed by atoms with E-state index in [1.165, 1.54) is 18.3 Å². The Hall–Kier alpha value is -3.60. The van der Waals surface area contributed by atoms with Gasteiger partial charge in [0.1, 0.15) is 6.07 Å². The maximum absolute atomic E-state index is 14.2. The Morgan fingerprint density at radius 1 is 1.30 bits per heavy atom. The summed E-state index contributed by atoms with van der Waals surface area (Å²) in [6.07, 6.45) is 3.71. The lowest BCUT2D eigenvalue weighted by Gasteiger charge is -2.20. The molecule has 5 rings (SSSR count). The van der Waals surface area contributed by atoms with Crippen molar-refractivity contribution in [3.8, 4) is 6.07 Å². The third-order valence-corrected chi connectivity index (χ3v) is 6.08. The number of aromatic amines is 1. The number of nitriles is 1. The molecule has 1 saturated carbocycles. The van der Waals surface area contributed by atoms with Crippen molar-refractivity contribution in [3.63, 3.8) is 0 Å². The average Bonchev–Trinajstić information content (AvgIpc) is 3.46. The summed E-state index contributed by atoms with van der Waals surface area (Å²) in [6, 6.07) is 7.05. The second kappa shape index (κ2) is 6.46. The molecule has 2 aromatic heterocycles. The number of hydrogen-bond acceptors (Lipinski definition) is 4. The van der Waals surface area contributed by atoms with Crippen molar-refractivity contribution in [1.82, 2.24) is 15.3 Å². The van der Waals surface area contributed by atoms with E-state index in [2.05, 4.69) is 21.4 Å². The summed E-state index contributed by atoms with van der Waals surface area (Å²) < 4.78 is 27.9. The van der Waals surface area contributed by atoms with E-state index in [0.29, 0.717) is 31.2 Å². The van der Waals surface area contributed by atoms with Crippen LogP contribution in [-0.2, 0) is 16.6 Å². The molecule has 3 aromatic rings. The van der Waals surface area contributed by atoms with Gasteiger partial charge in [-0.15, -0.1) is 0 Å². The highest BCUT2D eigenvalue weighted by molar-refractivity contribution is 5.93. The van der Waals surface area contributed by atoms with Gasteiger partial charge >= 0.3 is 0 Å². The third-order valence-electron chi connectivity index (χ3n) is 6.08. The third kappa shape index (κ3) is 2.70. The topological polar surface area (TPSA) is 98.6 Å². The van der Waals surface area contributed by atoms with Crippen LogP contribution in [0.5, 0.6) is 0 Å². The number of aromatic nitrogens is 2. The van der Waals surface area contributed by atoms with Crippen molar-refractivity contribution in [2.24, 2.45) is 0 Å². The molecule has 30 heavy (non-hydrogen) atoms. The molecule has 1 amide bonds. The average molecular weight is 406 g/mol. The summed E-state index contributed by atoms with van der Waals surface area (Å²) >= 11 is 0. The van der Waals surface area contributed by atoms with E-state index in [4.69, 9.17) is 5.26 Å². The maximum atomic E-state index is 14.2. The minimum absolute atomic E-state index is 0.0550. The number of hydrogen-bond donors (Lipinski definition) is 2. The smallest absolute Gasteiger partial charge is 0.252 e. The van der Waals surface area contributed by atoms with Gasteiger partial charge in [0.2, 0.25) is 5.91 Å². The van der Waals surface area contributed by atoms with Gasteiger partial charge in [0.05, 0.1) is 28.2 Å². The minimum Gasteiger partial charge on any atom is -0.347 e. The van der Waals surface area contributed by atoms with Gasteiger partial charge in [-0.1, -0.05) is 0 Å². The molecule has 2 N–H and O–H groups in total. The molecule has 0 aliphatic heterocycles. The Morgan fingerprint density at radius 2 is 2.10 bits per heavy atom. The van der Waals surface area contributed by atoms with E-state index in [1.807, 2.05) is 0 Å². The molecule has 8 heteroatoms. The molecular weight excluding hydrogens is 390 g/mol. The van der Waals surface area contributed by atoms with Crippen LogP contribution in [0.25, 0.3) is 10.9 Å². The maximum Gasteiger partial charge on any atom is 0.252 e. The Labute approximate surface area is 169 Å². The van der Waals surface area contributed by atoms with Crippen molar-refractivity contribution in [3.05, 3.63) is 74.8 Å². The largest absolute Gasteiger partial charge is 0.347 e. The lowest BCUT2D eigenvalue weighted by atomic mass is 9.94. The zero-order chi connectivity index (χ0) is 21.0. The number of rotatable bonds is 3. The summed E-state index contributed by atoms with van der Waals surface area (Å²) in [5.74, 6) is -2.39. The summed E-state index contributed by atoms with van der Waals surface area (Å²) in [5, 5.41) is 11.9. The summed E-state index contributed by atoms with van der Waals surface area (Å²) in [6.45, 7) is 0. The van der Waals surface area contributed by atoms with Gasteiger partial charge in [0.25, 0.3) is 5.56 Å². The standard InChI is InChI=1S/C22H16F2N4O2/c23-15-2-4-16-13(18(15)24)8-14(20(29)27-16)22(5-6-22)21(30)28-17-3-1-12-7-11(9-25)10-26-19(12)17/h2,4,7-8,10,17H,1,3,5-6H2,(H,27,29)(H,28,30)/t17-/m0/s1. The van der Waals surface area contributed by atoms with Crippen LogP contribution >= 0.6 is 0 Å². The van der Waals surface area contributed by atoms with Crippen LogP contribution in [0.4, 0.5) is 8.78 Å². The summed E-state index contributed by atoms with van der Waals surface area (Å²) in [4.78, 5) is 32.7. The van der Waals surface area contributed by atoms with Crippen LogP contribution in [-0.4, -0.2) is 15.9 Å². The Kier molecular flexibility index (Phi) is 3.97. The van der Waals surface area contributed by atoms with Gasteiger partial charge in [-0.25, -0.2) is 8.78 Å². The van der Waals surface area contributed by atoms with Crippen LogP contribution < -0.4 is 10.9 Å². The lowest BCUT2D eigenvalue weighted by molar-refractivity contribution is -0.124. The van der Waals surface area contributed by atoms with Crippen LogP contribution in [0.3, 0.4) is 0 Å². The lowest BCUT2D eigenvalue weighted by Crippen LogP contribution is -2.39. The highest BCUT2D eigenvalue weighted by Crippen LogP contribution is 2.48. The number of nitrogens with zero attached hydrogens (tertiary/aromatic N) is 2. The molecule has 2 aliphatic rings. The van der Waals surface area contributed by atoms with Gasteiger partial charge in [-0.3, -0.25) is 14.6 Å². The molecule has 0 bridgehead atoms. The van der Waals surface area contributed by atoms with Crippen LogP contribution in [0.1, 0.15) is 47.7 Å². The summed E-state index contributed by atoms with van der Waals surface area (Å²) in [5.41, 5.74) is 0.893. The van der Waals surface area contributed by atoms with Crippen molar-refractivity contribution in [1.29, 1.82) is 5.26 Å². The van der Waals surface area contributed by atoms with Crippen molar-refractivity contribution >= 4 is 16.8 Å². The number of fused-ring (bicyclic) bond motifs is 2. The minimum atomic E-state index is -1.06. The van der Waals surface area contributed by atoms with Gasteiger partial charge in [-0.2, -0.15) is 5.26 Å². The molecule has 6 nitrogen and oxygen atoms in total. The van der Waals surface area contributed by atoms with Crippen molar-refractivity contribution in [2.45, 2.75) is 37.1 Å². The monoisotopic (exact) mass is 406 g/mol. The van der Waals surface area contributed by atoms with Gasteiger partial charge in [-0.05, 0) is 55.5 Å². The molecule has 1 fully saturated rings. The van der Waals surface area contributed by atoms with Crippen LogP contribution in [0.15, 0.2) is 35.3 Å². The molecule has 2 aliphatic carbocycles. The molecule has 0 unspecified atom stereocenters. The molecule has 1 aromatic carbocycles. The number of carbonyl (C=O) groups excluding carboxylic acids is 1. The molecule has 0 radical (unpaired) electrons. The van der Waals surface area contributed by atoms with Crippen molar-refractivity contribution in [2.75, 3.05) is 0 Å². The number of aryl methyl sites for hydroxylation is 1. The second-order valence-electron chi connectivity index (χ2n) is 7.86. The normalized spacial score (nSPS) is 18.6. The fourth-order valence-corrected chi connectivity index (χ4v) is 4.28. The Bertz CT molecular complexity index is 1320. The van der Waals surface area contributed by atoms with E-state index >= 15 is 0 Å². The Balaban J connectivity index is 1.48. The number of halogens is 2. The van der Waals surface area contributed by atoms with E-state index < -0.39 is 22.6 Å². The predicted molar refractivity (Wildman–Crippen MR) is 104 cm³/mol. The van der Waals surface area contributed by atoms with E-state index in [9.17, 15) is 18.4 Å². The molecule has 0 saturated heterocycles. The first-order valence-electron chi connectivity index (χ1n) is 9.64. The highest BCUT2D eigenvalue weighted by atomic mass is 19.2. The number of carbonyl (C=O) groups is 1. The van der Waals surface area contributed by atoms with Crippen LogP contribution in [0.2, 0.25) is 0 Å². The van der Waals surface area contributed by atoms with E-state index in [-0.39, 0.29) is 28.4 Å². The predicted octanol–water partition coefficient (Wildman–Crippen LogP) is 2.91. The Morgan fingerprint density at radius 3 is 2.83 bits per heavy atom. The second-order valence-corrected chi connectivity index (χ2v) is 7.86. The SMILES string of the molecule is N#Cc1cnc2c(c1)CC[C@@H]2NC(=O)C1(c2cc3c(F)c(F)ccc3[nH]c2=O)CC1. The summed E-state index contributed by atoms with van der Waals surface area (Å²) in [7, 11) is 0. The first-order valence-corrected chi connectivity index (χ1v) is 9.64. The fraction of sp³-hybridized carbons (Fsp3) is 0.273. The molecular formula is C22H16F2N4O2. The molecule has 150 valence electrons. The van der Waals surface area contributed by atoms with E-state index in [1.54, 1.807) is 6.07 Å². The van der Waals surface area contributed by atoms with Gasteiger partial charge in [0, 0.05) is 17.1 Å². The van der Waals surface area contributed by atoms with Crippen molar-refractivity contribution < 1.29 is 13.6 Å². The molecule has 0 spiro atoms. The number of H-pyrrole nitrogens is 1. The first-order chi connectivity index (χ1) is 14.4. The van der Waals surface area contributed by atoms with E-state index in [0.717, 1.165) is 17.3 Å². The zero-order valence-electron chi connectivity index (χ0n) is 15.8. The number of nitrogens with one attached hydrogen (secondary N) is 2. The van der Waals surface area contributed by atoms with Gasteiger partial charge in [0.15, 0.2) is 11.6 Å². The molecule has 1 atom stereocenters. The van der Waals surface area contributed by atoms with Crippen LogP contribution in [0, 0.1) is 23.0 Å². The number of pyridine rings is 2.